The number of ether oxygens (including phenoxy) is 1. The van der Waals surface area contributed by atoms with Gasteiger partial charge in [-0.3, -0.25) is 5.32 Å². The zero-order valence-corrected chi connectivity index (χ0v) is 11.5. The highest BCUT2D eigenvalue weighted by molar-refractivity contribution is 9.10. The van der Waals surface area contributed by atoms with E-state index in [9.17, 15) is 0 Å². The number of hydrogen-bond donors (Lipinski definition) is 1. The predicted octanol–water partition coefficient (Wildman–Crippen LogP) is 3.03. The third kappa shape index (κ3) is 5.31. The van der Waals surface area contributed by atoms with Gasteiger partial charge in [0.1, 0.15) is 6.04 Å². The summed E-state index contributed by atoms with van der Waals surface area (Å²) in [4.78, 5) is 0. The Kier molecular flexibility index (Phi) is 6.87. The Labute approximate surface area is 111 Å². The Hall–Kier alpha value is -0.890. The van der Waals surface area contributed by atoms with E-state index in [0.717, 1.165) is 36.2 Å². The zero-order valence-electron chi connectivity index (χ0n) is 9.95. The van der Waals surface area contributed by atoms with Crippen LogP contribution in [0.15, 0.2) is 28.7 Å². The molecule has 0 heterocycles. The molecule has 3 nitrogen and oxygen atoms in total. The summed E-state index contributed by atoms with van der Waals surface area (Å²) in [6, 6.07) is 9.81. The molecule has 0 amide bonds. The molecule has 1 aromatic carbocycles. The summed E-state index contributed by atoms with van der Waals surface area (Å²) < 4.78 is 6.26. The van der Waals surface area contributed by atoms with Gasteiger partial charge in [-0.1, -0.05) is 28.1 Å². The highest BCUT2D eigenvalue weighted by Gasteiger charge is 2.08. The summed E-state index contributed by atoms with van der Waals surface area (Å²) in [6.07, 6.45) is 0.919. The maximum absolute atomic E-state index is 9.10. The second-order valence-electron chi connectivity index (χ2n) is 3.62. The molecule has 17 heavy (non-hydrogen) atoms. The minimum Gasteiger partial charge on any atom is -0.382 e. The first-order valence-electron chi connectivity index (χ1n) is 5.74. The van der Waals surface area contributed by atoms with E-state index in [1.807, 2.05) is 31.2 Å². The second kappa shape index (κ2) is 8.24. The fourth-order valence-corrected chi connectivity index (χ4v) is 1.72. The molecule has 0 bridgehead atoms. The van der Waals surface area contributed by atoms with E-state index < -0.39 is 0 Å². The highest BCUT2D eigenvalue weighted by atomic mass is 79.9. The molecule has 0 spiro atoms. The molecular weight excluding hydrogens is 280 g/mol. The molecule has 1 N–H and O–H groups in total. The van der Waals surface area contributed by atoms with Gasteiger partial charge in [0.15, 0.2) is 0 Å². The zero-order chi connectivity index (χ0) is 12.5. The lowest BCUT2D eigenvalue weighted by atomic mass is 10.1. The second-order valence-corrected chi connectivity index (χ2v) is 4.53. The number of nitrogens with zero attached hydrogens (tertiary/aromatic N) is 1. The lowest BCUT2D eigenvalue weighted by molar-refractivity contribution is 0.144. The van der Waals surface area contributed by atoms with Crippen LogP contribution in [0.3, 0.4) is 0 Å². The maximum atomic E-state index is 9.10. The normalized spacial score (nSPS) is 12.1. The van der Waals surface area contributed by atoms with Crippen molar-refractivity contribution in [3.63, 3.8) is 0 Å². The van der Waals surface area contributed by atoms with Crippen molar-refractivity contribution < 1.29 is 4.74 Å². The minimum absolute atomic E-state index is 0.246. The van der Waals surface area contributed by atoms with Gasteiger partial charge in [-0.15, -0.1) is 0 Å². The smallest absolute Gasteiger partial charge is 0.121 e. The molecule has 0 saturated carbocycles. The monoisotopic (exact) mass is 296 g/mol. The molecule has 4 heteroatoms. The Balaban J connectivity index is 2.39. The molecule has 1 rings (SSSR count). The lowest BCUT2D eigenvalue weighted by Gasteiger charge is -2.11. The van der Waals surface area contributed by atoms with E-state index in [4.69, 9.17) is 10.00 Å². The summed E-state index contributed by atoms with van der Waals surface area (Å²) in [5.41, 5.74) is 0.993. The third-order valence-corrected chi connectivity index (χ3v) is 2.88. The van der Waals surface area contributed by atoms with Crippen LogP contribution in [-0.4, -0.2) is 19.8 Å². The van der Waals surface area contributed by atoms with Crippen LogP contribution in [0.5, 0.6) is 0 Å². The SMILES string of the molecule is CCOCCCNC(C#N)c1ccc(Br)cc1. The molecule has 1 unspecified atom stereocenters. The third-order valence-electron chi connectivity index (χ3n) is 2.35. The van der Waals surface area contributed by atoms with Crippen molar-refractivity contribution >= 4 is 15.9 Å². The van der Waals surface area contributed by atoms with Crippen LogP contribution in [-0.2, 0) is 4.74 Å². The van der Waals surface area contributed by atoms with Crippen molar-refractivity contribution in [3.8, 4) is 6.07 Å². The van der Waals surface area contributed by atoms with Crippen LogP contribution in [0, 0.1) is 11.3 Å². The number of rotatable bonds is 7. The van der Waals surface area contributed by atoms with Crippen LogP contribution in [0.2, 0.25) is 0 Å². The average molecular weight is 297 g/mol. The van der Waals surface area contributed by atoms with Crippen LogP contribution in [0.25, 0.3) is 0 Å². The first-order valence-corrected chi connectivity index (χ1v) is 6.53. The molecule has 0 saturated heterocycles. The molecule has 92 valence electrons. The molecule has 0 aliphatic carbocycles. The van der Waals surface area contributed by atoms with Gasteiger partial charge < -0.3 is 4.74 Å². The Morgan fingerprint density at radius 1 is 1.41 bits per heavy atom. The number of nitrogens with one attached hydrogen (secondary N) is 1. The molecule has 1 atom stereocenters. The lowest BCUT2D eigenvalue weighted by Crippen LogP contribution is -2.22. The molecule has 0 aliphatic rings. The van der Waals surface area contributed by atoms with Crippen molar-refractivity contribution in [3.05, 3.63) is 34.3 Å². The van der Waals surface area contributed by atoms with Gasteiger partial charge in [-0.05, 0) is 37.6 Å². The van der Waals surface area contributed by atoms with Crippen molar-refractivity contribution in [1.82, 2.24) is 5.32 Å². The summed E-state index contributed by atoms with van der Waals surface area (Å²) in [6.45, 7) is 4.25. The van der Waals surface area contributed by atoms with Crippen LogP contribution >= 0.6 is 15.9 Å². The Morgan fingerprint density at radius 2 is 2.12 bits per heavy atom. The van der Waals surface area contributed by atoms with Crippen molar-refractivity contribution in [1.29, 1.82) is 5.26 Å². The summed E-state index contributed by atoms with van der Waals surface area (Å²) >= 11 is 3.38. The van der Waals surface area contributed by atoms with E-state index in [-0.39, 0.29) is 6.04 Å². The van der Waals surface area contributed by atoms with E-state index in [1.54, 1.807) is 0 Å². The fraction of sp³-hybridized carbons (Fsp3) is 0.462. The van der Waals surface area contributed by atoms with Gasteiger partial charge in [0.25, 0.3) is 0 Å². The fourth-order valence-electron chi connectivity index (χ4n) is 1.46. The topological polar surface area (TPSA) is 45.0 Å². The van der Waals surface area contributed by atoms with Crippen molar-refractivity contribution in [2.45, 2.75) is 19.4 Å². The van der Waals surface area contributed by atoms with Crippen LogP contribution < -0.4 is 5.32 Å². The number of nitriles is 1. The van der Waals surface area contributed by atoms with Gasteiger partial charge in [0.05, 0.1) is 6.07 Å². The highest BCUT2D eigenvalue weighted by Crippen LogP contribution is 2.16. The molecule has 0 radical (unpaired) electrons. The van der Waals surface area contributed by atoms with Crippen molar-refractivity contribution in [2.24, 2.45) is 0 Å². The van der Waals surface area contributed by atoms with Crippen molar-refractivity contribution in [2.75, 3.05) is 19.8 Å². The summed E-state index contributed by atoms with van der Waals surface area (Å²) in [5.74, 6) is 0. The Bertz CT molecular complexity index is 359. The predicted molar refractivity (Wildman–Crippen MR) is 71.6 cm³/mol. The van der Waals surface area contributed by atoms with E-state index >= 15 is 0 Å². The summed E-state index contributed by atoms with van der Waals surface area (Å²) in [7, 11) is 0. The largest absolute Gasteiger partial charge is 0.382 e. The molecule has 1 aromatic rings. The van der Waals surface area contributed by atoms with Crippen LogP contribution in [0.1, 0.15) is 24.9 Å². The molecule has 0 aromatic heterocycles. The first-order chi connectivity index (χ1) is 8.27. The quantitative estimate of drug-likeness (QED) is 0.787. The number of benzene rings is 1. The molecular formula is C13H17BrN2O. The van der Waals surface area contributed by atoms with Gasteiger partial charge in [-0.2, -0.15) is 5.26 Å². The van der Waals surface area contributed by atoms with Gasteiger partial charge >= 0.3 is 0 Å². The van der Waals surface area contributed by atoms with Crippen LogP contribution in [0.4, 0.5) is 0 Å². The Morgan fingerprint density at radius 3 is 2.71 bits per heavy atom. The standard InChI is InChI=1S/C13H17BrN2O/c1-2-17-9-3-8-16-13(10-15)11-4-6-12(14)7-5-11/h4-7,13,16H,2-3,8-9H2,1H3. The average Bonchev–Trinajstić information content (AvgIpc) is 2.35. The van der Waals surface area contributed by atoms with Gasteiger partial charge in [0, 0.05) is 17.7 Å². The van der Waals surface area contributed by atoms with Gasteiger partial charge in [-0.25, -0.2) is 0 Å². The van der Waals surface area contributed by atoms with E-state index in [0.29, 0.717) is 0 Å². The molecule has 0 aliphatic heterocycles. The van der Waals surface area contributed by atoms with E-state index in [1.165, 1.54) is 0 Å². The van der Waals surface area contributed by atoms with E-state index in [2.05, 4.69) is 27.3 Å². The first kappa shape index (κ1) is 14.2. The summed E-state index contributed by atoms with van der Waals surface area (Å²) in [5, 5.41) is 12.3. The van der Waals surface area contributed by atoms with Gasteiger partial charge in [0.2, 0.25) is 0 Å². The molecule has 0 fully saturated rings. The minimum atomic E-state index is -0.246. The number of halogens is 1. The number of hydrogen-bond acceptors (Lipinski definition) is 3. The maximum Gasteiger partial charge on any atom is 0.121 e.